The topological polar surface area (TPSA) is 43.4 Å². The summed E-state index contributed by atoms with van der Waals surface area (Å²) in [4.78, 5) is 0.302. The Labute approximate surface area is 226 Å². The molecule has 0 fully saturated rings. The summed E-state index contributed by atoms with van der Waals surface area (Å²) in [7, 11) is -3.64. The standard InChI is InChI=1S/C30H37IO3S/c31-34-35(32,33)30-25-17-16-23-28(30)22-10-6-4-2-1-3-5-7-15-24-29(26-18-11-8-12-19-26)27-20-13-9-14-21-27/h8-9,11-14,16-21,23,25,29H,1-7,10,15,22,24H2. The molecule has 0 radical (unpaired) electrons. The lowest BCUT2D eigenvalue weighted by Crippen LogP contribution is -2.04. The summed E-state index contributed by atoms with van der Waals surface area (Å²) in [5.74, 6) is 0.487. The highest BCUT2D eigenvalue weighted by molar-refractivity contribution is 14.1. The number of benzene rings is 3. The van der Waals surface area contributed by atoms with Gasteiger partial charge in [-0.05, 0) is 42.0 Å². The molecule has 0 atom stereocenters. The number of halogens is 1. The third-order valence-corrected chi connectivity index (χ3v) is 9.19. The summed E-state index contributed by atoms with van der Waals surface area (Å²) in [6, 6.07) is 28.9. The van der Waals surface area contributed by atoms with Crippen LogP contribution < -0.4 is 0 Å². The van der Waals surface area contributed by atoms with Crippen molar-refractivity contribution in [2.24, 2.45) is 0 Å². The minimum Gasteiger partial charge on any atom is -0.195 e. The minimum atomic E-state index is -3.64. The molecule has 0 amide bonds. The third kappa shape index (κ3) is 9.36. The fourth-order valence-corrected chi connectivity index (χ4v) is 6.17. The summed E-state index contributed by atoms with van der Waals surface area (Å²) in [6.45, 7) is 0. The van der Waals surface area contributed by atoms with Gasteiger partial charge in [-0.1, -0.05) is 130 Å². The van der Waals surface area contributed by atoms with Crippen molar-refractivity contribution in [3.05, 3.63) is 102 Å². The van der Waals surface area contributed by atoms with Gasteiger partial charge in [0.25, 0.3) is 0 Å². The summed E-state index contributed by atoms with van der Waals surface area (Å²) in [6.07, 6.45) is 13.0. The molecule has 35 heavy (non-hydrogen) atoms. The van der Waals surface area contributed by atoms with E-state index in [-0.39, 0.29) is 0 Å². The van der Waals surface area contributed by atoms with E-state index in [0.717, 1.165) is 24.8 Å². The van der Waals surface area contributed by atoms with Gasteiger partial charge in [-0.2, -0.15) is 10.9 Å². The van der Waals surface area contributed by atoms with Crippen LogP contribution in [-0.4, -0.2) is 8.42 Å². The molecule has 0 aliphatic carbocycles. The van der Waals surface area contributed by atoms with Gasteiger partial charge >= 0.3 is 10.1 Å². The van der Waals surface area contributed by atoms with Crippen LogP contribution in [-0.2, 0) is 19.1 Å². The number of hydrogen-bond donors (Lipinski definition) is 0. The molecule has 3 rings (SSSR count). The Balaban J connectivity index is 1.28. The second-order valence-electron chi connectivity index (χ2n) is 9.22. The van der Waals surface area contributed by atoms with Crippen molar-refractivity contribution in [1.29, 1.82) is 0 Å². The van der Waals surface area contributed by atoms with Gasteiger partial charge < -0.3 is 0 Å². The maximum atomic E-state index is 12.1. The first-order valence-electron chi connectivity index (χ1n) is 12.8. The first-order valence-corrected chi connectivity index (χ1v) is 15.1. The smallest absolute Gasteiger partial charge is 0.195 e. The van der Waals surface area contributed by atoms with Crippen LogP contribution in [0.25, 0.3) is 0 Å². The van der Waals surface area contributed by atoms with Gasteiger partial charge in [-0.25, -0.2) is 0 Å². The van der Waals surface area contributed by atoms with Crippen molar-refractivity contribution >= 4 is 33.1 Å². The van der Waals surface area contributed by atoms with Gasteiger partial charge in [0.15, 0.2) is 0 Å². The third-order valence-electron chi connectivity index (χ3n) is 6.67. The molecule has 5 heteroatoms. The average molecular weight is 605 g/mol. The number of aryl methyl sites for hydroxylation is 1. The molecular formula is C30H37IO3S. The van der Waals surface area contributed by atoms with Crippen LogP contribution in [0.2, 0.25) is 0 Å². The Bertz CT molecular complexity index is 1050. The zero-order chi connectivity index (χ0) is 24.8. The van der Waals surface area contributed by atoms with Crippen LogP contribution in [0.4, 0.5) is 0 Å². The molecule has 188 valence electrons. The highest BCUT2D eigenvalue weighted by Crippen LogP contribution is 2.30. The Morgan fingerprint density at radius 3 is 1.60 bits per heavy atom. The first kappa shape index (κ1) is 27.9. The molecule has 0 heterocycles. The van der Waals surface area contributed by atoms with Crippen LogP contribution in [0.15, 0.2) is 89.8 Å². The van der Waals surface area contributed by atoms with Crippen LogP contribution in [0.1, 0.15) is 86.8 Å². The van der Waals surface area contributed by atoms with Gasteiger partial charge in [-0.15, -0.1) is 0 Å². The van der Waals surface area contributed by atoms with E-state index in [1.165, 1.54) is 85.5 Å². The quantitative estimate of drug-likeness (QED) is 0.121. The van der Waals surface area contributed by atoms with E-state index in [9.17, 15) is 8.42 Å². The zero-order valence-electron chi connectivity index (χ0n) is 20.4. The summed E-state index contributed by atoms with van der Waals surface area (Å²) in [5, 5.41) is 0. The summed E-state index contributed by atoms with van der Waals surface area (Å²) in [5.41, 5.74) is 3.69. The van der Waals surface area contributed by atoms with E-state index in [4.69, 9.17) is 0 Å². The van der Waals surface area contributed by atoms with Gasteiger partial charge in [0.2, 0.25) is 0 Å². The molecule has 3 nitrogen and oxygen atoms in total. The molecule has 0 unspecified atom stereocenters. The lowest BCUT2D eigenvalue weighted by atomic mass is 9.87. The Hall–Kier alpha value is -1.70. The second kappa shape index (κ2) is 15.4. The Morgan fingerprint density at radius 2 is 1.06 bits per heavy atom. The molecule has 0 bridgehead atoms. The molecule has 3 aromatic carbocycles. The minimum absolute atomic E-state index is 0.302. The molecule has 0 aliphatic rings. The van der Waals surface area contributed by atoms with Crippen LogP contribution in [0.5, 0.6) is 0 Å². The van der Waals surface area contributed by atoms with E-state index in [1.54, 1.807) is 12.1 Å². The van der Waals surface area contributed by atoms with Crippen LogP contribution in [0, 0.1) is 0 Å². The van der Waals surface area contributed by atoms with Crippen molar-refractivity contribution in [3.8, 4) is 0 Å². The summed E-state index contributed by atoms with van der Waals surface area (Å²) >= 11 is 1.44. The number of hydrogen-bond acceptors (Lipinski definition) is 3. The van der Waals surface area contributed by atoms with E-state index >= 15 is 0 Å². The molecule has 0 aliphatic heterocycles. The van der Waals surface area contributed by atoms with Crippen molar-refractivity contribution in [2.45, 2.75) is 81.4 Å². The molecule has 0 aromatic heterocycles. The van der Waals surface area contributed by atoms with E-state index in [0.29, 0.717) is 10.8 Å². The van der Waals surface area contributed by atoms with Gasteiger partial charge in [0, 0.05) is 5.92 Å². The fourth-order valence-electron chi connectivity index (χ4n) is 4.79. The van der Waals surface area contributed by atoms with Crippen LogP contribution >= 0.6 is 23.0 Å². The maximum Gasteiger partial charge on any atom is 0.306 e. The lowest BCUT2D eigenvalue weighted by molar-refractivity contribution is 0.532. The molecule has 0 N–H and O–H groups in total. The predicted molar refractivity (Wildman–Crippen MR) is 153 cm³/mol. The highest BCUT2D eigenvalue weighted by atomic mass is 127. The highest BCUT2D eigenvalue weighted by Gasteiger charge is 2.18. The monoisotopic (exact) mass is 604 g/mol. The number of unbranched alkanes of at least 4 members (excludes halogenated alkanes) is 8. The van der Waals surface area contributed by atoms with Crippen molar-refractivity contribution in [2.75, 3.05) is 0 Å². The molecule has 0 saturated heterocycles. The number of rotatable bonds is 16. The first-order chi connectivity index (χ1) is 17.1. The van der Waals surface area contributed by atoms with E-state index in [1.807, 2.05) is 12.1 Å². The zero-order valence-corrected chi connectivity index (χ0v) is 23.4. The molecule has 0 saturated carbocycles. The van der Waals surface area contributed by atoms with E-state index in [2.05, 4.69) is 63.2 Å². The van der Waals surface area contributed by atoms with Gasteiger partial charge in [0.1, 0.15) is 23.0 Å². The molecule has 3 aromatic rings. The molecular weight excluding hydrogens is 567 g/mol. The maximum absolute atomic E-state index is 12.1. The van der Waals surface area contributed by atoms with Crippen molar-refractivity contribution < 1.29 is 10.9 Å². The van der Waals surface area contributed by atoms with Crippen molar-refractivity contribution in [1.82, 2.24) is 0 Å². The Morgan fingerprint density at radius 1 is 0.600 bits per heavy atom. The SMILES string of the molecule is O=S(=O)(OI)c1ccccc1CCCCCCCCCCCC(c1ccccc1)c1ccccc1. The van der Waals surface area contributed by atoms with E-state index < -0.39 is 10.1 Å². The predicted octanol–water partition coefficient (Wildman–Crippen LogP) is 9.02. The molecule has 0 spiro atoms. The van der Waals surface area contributed by atoms with Crippen LogP contribution in [0.3, 0.4) is 0 Å². The van der Waals surface area contributed by atoms with Gasteiger partial charge in [-0.3, -0.25) is 0 Å². The largest absolute Gasteiger partial charge is 0.306 e. The fraction of sp³-hybridized carbons (Fsp3) is 0.400. The summed E-state index contributed by atoms with van der Waals surface area (Å²) < 4.78 is 28.8. The normalized spacial score (nSPS) is 11.7. The Kier molecular flexibility index (Phi) is 12.3. The average Bonchev–Trinajstić information content (AvgIpc) is 2.90. The second-order valence-corrected chi connectivity index (χ2v) is 11.8. The lowest BCUT2D eigenvalue weighted by Gasteiger charge is -2.18. The van der Waals surface area contributed by atoms with Crippen molar-refractivity contribution in [3.63, 3.8) is 0 Å². The van der Waals surface area contributed by atoms with Gasteiger partial charge in [0.05, 0.1) is 4.90 Å².